The van der Waals surface area contributed by atoms with Crippen LogP contribution < -0.4 is 10.1 Å². The highest BCUT2D eigenvalue weighted by Gasteiger charge is 2.10. The fourth-order valence-corrected chi connectivity index (χ4v) is 3.56. The minimum Gasteiger partial charge on any atom is -0.483 e. The van der Waals surface area contributed by atoms with Crippen LogP contribution >= 0.6 is 31.9 Å². The van der Waals surface area contributed by atoms with Gasteiger partial charge in [0.1, 0.15) is 5.75 Å². The number of benzene rings is 2. The summed E-state index contributed by atoms with van der Waals surface area (Å²) >= 11 is 7.04. The minimum atomic E-state index is -0.188. The Morgan fingerprint density at radius 2 is 1.88 bits per heavy atom. The van der Waals surface area contributed by atoms with Crippen LogP contribution in [0.15, 0.2) is 45.3 Å². The molecule has 0 spiro atoms. The normalized spacial score (nSPS) is 10.8. The van der Waals surface area contributed by atoms with Crippen molar-refractivity contribution in [3.05, 3.63) is 56.5 Å². The molecule has 0 fully saturated rings. The quantitative estimate of drug-likeness (QED) is 0.454. The van der Waals surface area contributed by atoms with Crippen molar-refractivity contribution in [3.8, 4) is 5.75 Å². The Kier molecular flexibility index (Phi) is 8.16. The summed E-state index contributed by atoms with van der Waals surface area (Å²) in [6, 6.07) is 12.0. The third-order valence-corrected chi connectivity index (χ3v) is 5.38. The molecule has 0 saturated heterocycles. The molecule has 0 aliphatic rings. The van der Waals surface area contributed by atoms with Crippen molar-refractivity contribution >= 4 is 43.5 Å². The van der Waals surface area contributed by atoms with Crippen molar-refractivity contribution in [2.45, 2.75) is 46.0 Å². The number of halogens is 2. The number of carbonyl (C=O) groups is 1. The van der Waals surface area contributed by atoms with E-state index in [1.165, 1.54) is 17.5 Å². The van der Waals surface area contributed by atoms with Gasteiger partial charge in [-0.3, -0.25) is 4.79 Å². The topological polar surface area (TPSA) is 38.3 Å². The van der Waals surface area contributed by atoms with Crippen LogP contribution in [-0.2, 0) is 11.2 Å². The molecule has 5 heteroatoms. The van der Waals surface area contributed by atoms with Crippen LogP contribution in [-0.4, -0.2) is 12.5 Å². The lowest BCUT2D eigenvalue weighted by Gasteiger charge is -2.12. The first-order chi connectivity index (χ1) is 12.4. The molecule has 1 N–H and O–H groups in total. The monoisotopic (exact) mass is 481 g/mol. The van der Waals surface area contributed by atoms with Crippen LogP contribution in [0.25, 0.3) is 0 Å². The van der Waals surface area contributed by atoms with Crippen LogP contribution in [0.5, 0.6) is 5.75 Å². The van der Waals surface area contributed by atoms with Gasteiger partial charge in [0.2, 0.25) is 0 Å². The van der Waals surface area contributed by atoms with Crippen LogP contribution in [0, 0.1) is 0 Å². The maximum atomic E-state index is 12.2. The summed E-state index contributed by atoms with van der Waals surface area (Å²) in [6.45, 7) is 6.42. The van der Waals surface area contributed by atoms with E-state index in [0.717, 1.165) is 27.5 Å². The van der Waals surface area contributed by atoms with Gasteiger partial charge in [-0.25, -0.2) is 0 Å². The standard InChI is InChI=1S/C21H25Br2NO2/c1-4-5-6-15-7-9-19(17(22)11-15)24-21(25)13-26-20-10-8-16(14(2)3)12-18(20)23/h7-12,14H,4-6,13H2,1-3H3,(H,24,25). The number of anilines is 1. The molecule has 0 aliphatic carbocycles. The molecule has 2 aromatic carbocycles. The summed E-state index contributed by atoms with van der Waals surface area (Å²) in [4.78, 5) is 12.2. The van der Waals surface area contributed by atoms with E-state index in [-0.39, 0.29) is 12.5 Å². The summed E-state index contributed by atoms with van der Waals surface area (Å²) in [5, 5.41) is 2.89. The number of hydrogen-bond donors (Lipinski definition) is 1. The second-order valence-corrected chi connectivity index (χ2v) is 8.31. The second-order valence-electron chi connectivity index (χ2n) is 6.60. The molecule has 0 heterocycles. The molecule has 0 radical (unpaired) electrons. The van der Waals surface area contributed by atoms with Crippen molar-refractivity contribution in [1.82, 2.24) is 0 Å². The minimum absolute atomic E-state index is 0.0380. The van der Waals surface area contributed by atoms with Crippen molar-refractivity contribution in [2.24, 2.45) is 0 Å². The first kappa shape index (κ1) is 21.0. The predicted molar refractivity (Wildman–Crippen MR) is 115 cm³/mol. The number of carbonyl (C=O) groups excluding carboxylic acids is 1. The van der Waals surface area contributed by atoms with E-state index in [4.69, 9.17) is 4.74 Å². The lowest BCUT2D eigenvalue weighted by atomic mass is 10.0. The lowest BCUT2D eigenvalue weighted by molar-refractivity contribution is -0.118. The molecule has 0 bridgehead atoms. The highest BCUT2D eigenvalue weighted by Crippen LogP contribution is 2.29. The largest absolute Gasteiger partial charge is 0.483 e. The Morgan fingerprint density at radius 3 is 2.50 bits per heavy atom. The highest BCUT2D eigenvalue weighted by molar-refractivity contribution is 9.11. The molecule has 0 aromatic heterocycles. The van der Waals surface area contributed by atoms with Gasteiger partial charge in [-0.2, -0.15) is 0 Å². The number of unbranched alkanes of at least 4 members (excludes halogenated alkanes) is 1. The van der Waals surface area contributed by atoms with Gasteiger partial charge in [-0.05, 0) is 86.0 Å². The van der Waals surface area contributed by atoms with E-state index < -0.39 is 0 Å². The Labute approximate surface area is 172 Å². The zero-order chi connectivity index (χ0) is 19.1. The molecular formula is C21H25Br2NO2. The average molecular weight is 483 g/mol. The predicted octanol–water partition coefficient (Wildman–Crippen LogP) is 6.70. The van der Waals surface area contributed by atoms with Gasteiger partial charge in [-0.1, -0.05) is 39.3 Å². The van der Waals surface area contributed by atoms with Crippen molar-refractivity contribution in [1.29, 1.82) is 0 Å². The van der Waals surface area contributed by atoms with Crippen molar-refractivity contribution in [2.75, 3.05) is 11.9 Å². The van der Waals surface area contributed by atoms with Gasteiger partial charge in [0.25, 0.3) is 5.91 Å². The van der Waals surface area contributed by atoms with Gasteiger partial charge in [0.15, 0.2) is 6.61 Å². The van der Waals surface area contributed by atoms with Gasteiger partial charge < -0.3 is 10.1 Å². The fourth-order valence-electron chi connectivity index (χ4n) is 2.52. The number of amides is 1. The number of nitrogens with one attached hydrogen (secondary N) is 1. The molecule has 2 aromatic rings. The first-order valence-electron chi connectivity index (χ1n) is 8.91. The van der Waals surface area contributed by atoms with Crippen molar-refractivity contribution in [3.63, 3.8) is 0 Å². The average Bonchev–Trinajstić information content (AvgIpc) is 2.60. The number of ether oxygens (including phenoxy) is 1. The summed E-state index contributed by atoms with van der Waals surface area (Å²) < 4.78 is 7.40. The molecule has 2 rings (SSSR count). The Hall–Kier alpha value is -1.33. The maximum absolute atomic E-state index is 12.2. The van der Waals surface area contributed by atoms with E-state index in [1.807, 2.05) is 24.3 Å². The SMILES string of the molecule is CCCCc1ccc(NC(=O)COc2ccc(C(C)C)cc2Br)c(Br)c1. The lowest BCUT2D eigenvalue weighted by Crippen LogP contribution is -2.20. The Morgan fingerprint density at radius 1 is 1.12 bits per heavy atom. The molecule has 26 heavy (non-hydrogen) atoms. The number of rotatable bonds is 8. The zero-order valence-electron chi connectivity index (χ0n) is 15.4. The summed E-state index contributed by atoms with van der Waals surface area (Å²) in [7, 11) is 0. The molecule has 3 nitrogen and oxygen atoms in total. The molecule has 1 amide bonds. The fraction of sp³-hybridized carbons (Fsp3) is 0.381. The molecule has 140 valence electrons. The zero-order valence-corrected chi connectivity index (χ0v) is 18.6. The van der Waals surface area contributed by atoms with E-state index in [2.05, 4.69) is 70.1 Å². The van der Waals surface area contributed by atoms with E-state index in [0.29, 0.717) is 11.7 Å². The highest BCUT2D eigenvalue weighted by atomic mass is 79.9. The van der Waals surface area contributed by atoms with Gasteiger partial charge in [0, 0.05) is 4.47 Å². The van der Waals surface area contributed by atoms with Crippen LogP contribution in [0.2, 0.25) is 0 Å². The van der Waals surface area contributed by atoms with Crippen LogP contribution in [0.1, 0.15) is 50.7 Å². The van der Waals surface area contributed by atoms with E-state index >= 15 is 0 Å². The van der Waals surface area contributed by atoms with Gasteiger partial charge in [-0.15, -0.1) is 0 Å². The third-order valence-electron chi connectivity index (χ3n) is 4.11. The summed E-state index contributed by atoms with van der Waals surface area (Å²) in [6.07, 6.45) is 3.38. The number of aryl methyl sites for hydroxylation is 1. The number of hydrogen-bond acceptors (Lipinski definition) is 2. The maximum Gasteiger partial charge on any atom is 0.262 e. The van der Waals surface area contributed by atoms with E-state index in [9.17, 15) is 4.79 Å². The summed E-state index contributed by atoms with van der Waals surface area (Å²) in [5.74, 6) is 0.923. The molecule has 0 unspecified atom stereocenters. The molecule has 0 aliphatic heterocycles. The first-order valence-corrected chi connectivity index (χ1v) is 10.5. The molecule has 0 saturated carbocycles. The second kappa shape index (κ2) is 10.1. The third kappa shape index (κ3) is 6.13. The smallest absolute Gasteiger partial charge is 0.262 e. The van der Waals surface area contributed by atoms with Crippen LogP contribution in [0.4, 0.5) is 5.69 Å². The van der Waals surface area contributed by atoms with Crippen LogP contribution in [0.3, 0.4) is 0 Å². The van der Waals surface area contributed by atoms with Gasteiger partial charge in [0.05, 0.1) is 10.2 Å². The van der Waals surface area contributed by atoms with E-state index in [1.54, 1.807) is 0 Å². The Bertz CT molecular complexity index is 760. The van der Waals surface area contributed by atoms with Crippen molar-refractivity contribution < 1.29 is 9.53 Å². The summed E-state index contributed by atoms with van der Waals surface area (Å²) in [5.41, 5.74) is 3.25. The molecule has 0 atom stereocenters. The van der Waals surface area contributed by atoms with Gasteiger partial charge >= 0.3 is 0 Å². The Balaban J connectivity index is 1.93. The molecular weight excluding hydrogens is 458 g/mol.